The van der Waals surface area contributed by atoms with Gasteiger partial charge in [-0.15, -0.1) is 16.4 Å². The minimum Gasteiger partial charge on any atom is -0.486 e. The first-order chi connectivity index (χ1) is 12.8. The highest BCUT2D eigenvalue weighted by Crippen LogP contribution is 2.28. The molecule has 0 fully saturated rings. The number of fused-ring (bicyclic) bond motifs is 1. The molecule has 2 aromatic heterocycles. The summed E-state index contributed by atoms with van der Waals surface area (Å²) in [6.45, 7) is 0.370. The lowest BCUT2D eigenvalue weighted by molar-refractivity contribution is 0.305. The number of halogens is 1. The average molecular weight is 383 g/mol. The van der Waals surface area contributed by atoms with E-state index in [0.29, 0.717) is 12.4 Å². The molecule has 130 valence electrons. The Morgan fingerprint density at radius 1 is 1.08 bits per heavy atom. The Labute approximate surface area is 158 Å². The van der Waals surface area contributed by atoms with Crippen molar-refractivity contribution in [2.75, 3.05) is 0 Å². The molecule has 0 aliphatic carbocycles. The molecule has 4 nitrogen and oxygen atoms in total. The van der Waals surface area contributed by atoms with E-state index in [1.165, 1.54) is 12.1 Å². The molecule has 0 bridgehead atoms. The molecule has 26 heavy (non-hydrogen) atoms. The molecular weight excluding hydrogens is 369 g/mol. The van der Waals surface area contributed by atoms with Gasteiger partial charge in [-0.25, -0.2) is 9.37 Å². The van der Waals surface area contributed by atoms with Crippen LogP contribution in [0.5, 0.6) is 5.75 Å². The Bertz CT molecular complexity index is 1020. The van der Waals surface area contributed by atoms with Crippen LogP contribution in [0.4, 0.5) is 4.39 Å². The minimum absolute atomic E-state index is 0.276. The smallest absolute Gasteiger partial charge is 0.140 e. The molecule has 0 aliphatic rings. The van der Waals surface area contributed by atoms with Crippen molar-refractivity contribution in [3.05, 3.63) is 76.6 Å². The van der Waals surface area contributed by atoms with Crippen molar-refractivity contribution in [2.24, 2.45) is 0 Å². The van der Waals surface area contributed by atoms with Crippen LogP contribution in [0.1, 0.15) is 10.7 Å². The third kappa shape index (κ3) is 4.00. The zero-order valence-corrected chi connectivity index (χ0v) is 15.3. The lowest BCUT2D eigenvalue weighted by Gasteiger charge is -2.03. The molecule has 0 spiro atoms. The van der Waals surface area contributed by atoms with E-state index in [-0.39, 0.29) is 5.82 Å². The SMILES string of the molecule is Fc1ccc(OCc2nc(CSc3nncc4ccccc34)cs2)cc1. The van der Waals surface area contributed by atoms with Crippen LogP contribution >= 0.6 is 23.1 Å². The number of hydrogen-bond donors (Lipinski definition) is 0. The van der Waals surface area contributed by atoms with Gasteiger partial charge in [0, 0.05) is 21.9 Å². The van der Waals surface area contributed by atoms with Crippen molar-refractivity contribution in [3.8, 4) is 5.75 Å². The summed E-state index contributed by atoms with van der Waals surface area (Å²) in [5.41, 5.74) is 0.979. The molecule has 0 N–H and O–H groups in total. The maximum atomic E-state index is 12.9. The number of ether oxygens (including phenoxy) is 1. The van der Waals surface area contributed by atoms with Crippen molar-refractivity contribution in [3.63, 3.8) is 0 Å². The fraction of sp³-hybridized carbons (Fsp3) is 0.105. The van der Waals surface area contributed by atoms with Gasteiger partial charge < -0.3 is 4.74 Å². The van der Waals surface area contributed by atoms with E-state index in [0.717, 1.165) is 32.3 Å². The van der Waals surface area contributed by atoms with Crippen LogP contribution in [-0.4, -0.2) is 15.2 Å². The van der Waals surface area contributed by atoms with Crippen molar-refractivity contribution in [1.29, 1.82) is 0 Å². The molecule has 0 aliphatic heterocycles. The van der Waals surface area contributed by atoms with Crippen LogP contribution in [0.15, 0.2) is 65.1 Å². The van der Waals surface area contributed by atoms with Gasteiger partial charge in [0.2, 0.25) is 0 Å². The highest BCUT2D eigenvalue weighted by Gasteiger charge is 2.08. The molecule has 0 atom stereocenters. The van der Waals surface area contributed by atoms with Crippen LogP contribution < -0.4 is 4.74 Å². The van der Waals surface area contributed by atoms with E-state index < -0.39 is 0 Å². The van der Waals surface area contributed by atoms with Crippen LogP contribution in [0.25, 0.3) is 10.8 Å². The molecule has 4 rings (SSSR count). The number of benzene rings is 2. The first-order valence-electron chi connectivity index (χ1n) is 7.93. The summed E-state index contributed by atoms with van der Waals surface area (Å²) in [6.07, 6.45) is 1.77. The van der Waals surface area contributed by atoms with Crippen LogP contribution in [0, 0.1) is 5.82 Å². The van der Waals surface area contributed by atoms with Gasteiger partial charge in [-0.2, -0.15) is 5.10 Å². The fourth-order valence-electron chi connectivity index (χ4n) is 2.41. The predicted octanol–water partition coefficient (Wildman–Crippen LogP) is 5.10. The van der Waals surface area contributed by atoms with E-state index in [1.54, 1.807) is 41.4 Å². The number of nitrogens with zero attached hydrogens (tertiary/aromatic N) is 3. The van der Waals surface area contributed by atoms with Crippen LogP contribution in [0.2, 0.25) is 0 Å². The number of thiazole rings is 1. The average Bonchev–Trinajstić information content (AvgIpc) is 3.14. The number of rotatable bonds is 6. The van der Waals surface area contributed by atoms with Crippen LogP contribution in [-0.2, 0) is 12.4 Å². The maximum Gasteiger partial charge on any atom is 0.140 e. The van der Waals surface area contributed by atoms with Gasteiger partial charge in [0.05, 0.1) is 11.9 Å². The Balaban J connectivity index is 1.38. The molecule has 2 aromatic carbocycles. The van der Waals surface area contributed by atoms with Crippen molar-refractivity contribution >= 4 is 33.9 Å². The Hall–Kier alpha value is -2.51. The normalized spacial score (nSPS) is 11.0. The quantitative estimate of drug-likeness (QED) is 0.434. The van der Waals surface area contributed by atoms with Crippen molar-refractivity contribution < 1.29 is 9.13 Å². The zero-order valence-electron chi connectivity index (χ0n) is 13.6. The molecule has 0 unspecified atom stereocenters. The third-order valence-corrected chi connectivity index (χ3v) is 5.55. The van der Waals surface area contributed by atoms with Gasteiger partial charge in [0.15, 0.2) is 0 Å². The maximum absolute atomic E-state index is 12.9. The summed E-state index contributed by atoms with van der Waals surface area (Å²) in [5, 5.41) is 14.3. The molecular formula is C19H14FN3OS2. The van der Waals surface area contributed by atoms with E-state index in [9.17, 15) is 4.39 Å². The molecule has 4 aromatic rings. The Morgan fingerprint density at radius 2 is 1.92 bits per heavy atom. The van der Waals surface area contributed by atoms with E-state index in [4.69, 9.17) is 4.74 Å². The van der Waals surface area contributed by atoms with E-state index in [2.05, 4.69) is 21.2 Å². The van der Waals surface area contributed by atoms with Crippen molar-refractivity contribution in [1.82, 2.24) is 15.2 Å². The lowest BCUT2D eigenvalue weighted by atomic mass is 10.2. The second-order valence-electron chi connectivity index (χ2n) is 5.50. The molecule has 0 saturated heterocycles. The summed E-state index contributed by atoms with van der Waals surface area (Å²) in [6, 6.07) is 14.1. The van der Waals surface area contributed by atoms with E-state index in [1.807, 2.05) is 23.6 Å². The highest BCUT2D eigenvalue weighted by atomic mass is 32.2. The first kappa shape index (κ1) is 16.9. The molecule has 7 heteroatoms. The number of hydrogen-bond acceptors (Lipinski definition) is 6. The molecule has 0 saturated carbocycles. The Morgan fingerprint density at radius 3 is 2.81 bits per heavy atom. The van der Waals surface area contributed by atoms with Gasteiger partial charge in [0.1, 0.15) is 28.2 Å². The molecule has 2 heterocycles. The Kier molecular flexibility index (Phi) is 5.08. The first-order valence-corrected chi connectivity index (χ1v) is 9.79. The fourth-order valence-corrected chi connectivity index (χ4v) is 4.10. The third-order valence-electron chi connectivity index (χ3n) is 3.67. The molecule has 0 amide bonds. The highest BCUT2D eigenvalue weighted by molar-refractivity contribution is 7.98. The van der Waals surface area contributed by atoms with Crippen molar-refractivity contribution in [2.45, 2.75) is 17.4 Å². The second-order valence-corrected chi connectivity index (χ2v) is 7.41. The second kappa shape index (κ2) is 7.80. The van der Waals surface area contributed by atoms with Gasteiger partial charge in [0.25, 0.3) is 0 Å². The summed E-state index contributed by atoms with van der Waals surface area (Å²) in [7, 11) is 0. The summed E-state index contributed by atoms with van der Waals surface area (Å²) >= 11 is 3.17. The monoisotopic (exact) mass is 383 g/mol. The molecule has 0 radical (unpaired) electrons. The minimum atomic E-state index is -0.276. The topological polar surface area (TPSA) is 47.9 Å². The summed E-state index contributed by atoms with van der Waals surface area (Å²) in [4.78, 5) is 4.59. The lowest BCUT2D eigenvalue weighted by Crippen LogP contribution is -1.95. The number of thioether (sulfide) groups is 1. The van der Waals surface area contributed by atoms with Gasteiger partial charge >= 0.3 is 0 Å². The van der Waals surface area contributed by atoms with Gasteiger partial charge in [-0.3, -0.25) is 0 Å². The van der Waals surface area contributed by atoms with Gasteiger partial charge in [-0.05, 0) is 24.3 Å². The standard InChI is InChI=1S/C19H14FN3OS2/c20-14-5-7-16(8-6-14)24-10-18-22-15(11-25-18)12-26-19-17-4-2-1-3-13(17)9-21-23-19/h1-9,11H,10,12H2. The largest absolute Gasteiger partial charge is 0.486 e. The zero-order chi connectivity index (χ0) is 17.8. The number of aromatic nitrogens is 3. The van der Waals surface area contributed by atoms with E-state index >= 15 is 0 Å². The summed E-state index contributed by atoms with van der Waals surface area (Å²) < 4.78 is 18.5. The van der Waals surface area contributed by atoms with Gasteiger partial charge in [-0.1, -0.05) is 36.0 Å². The predicted molar refractivity (Wildman–Crippen MR) is 102 cm³/mol. The van der Waals surface area contributed by atoms with Crippen LogP contribution in [0.3, 0.4) is 0 Å². The summed E-state index contributed by atoms with van der Waals surface area (Å²) in [5.74, 6) is 1.07.